The highest BCUT2D eigenvalue weighted by atomic mass is 32.1. The lowest BCUT2D eigenvalue weighted by Crippen LogP contribution is -2.55. The molecule has 0 aliphatic heterocycles. The van der Waals surface area contributed by atoms with Crippen LogP contribution in [0.2, 0.25) is 0 Å². The zero-order chi connectivity index (χ0) is 18.4. The van der Waals surface area contributed by atoms with Crippen molar-refractivity contribution in [2.75, 3.05) is 0 Å². The van der Waals surface area contributed by atoms with Crippen LogP contribution in [0.1, 0.15) is 63.3 Å². The Morgan fingerprint density at radius 2 is 1.85 bits per heavy atom. The maximum atomic E-state index is 12.6. The first-order valence-corrected chi connectivity index (χ1v) is 11.6. The van der Waals surface area contributed by atoms with E-state index in [1.807, 2.05) is 6.07 Å². The van der Waals surface area contributed by atoms with Crippen LogP contribution in [0.4, 0.5) is 0 Å². The summed E-state index contributed by atoms with van der Waals surface area (Å²) >= 11 is 1.76. The van der Waals surface area contributed by atoms with Crippen molar-refractivity contribution in [3.05, 3.63) is 29.3 Å². The molecule has 1 atom stereocenters. The van der Waals surface area contributed by atoms with E-state index >= 15 is 0 Å². The summed E-state index contributed by atoms with van der Waals surface area (Å²) in [4.78, 5) is 17.3. The molecule has 1 aromatic carbocycles. The SMILES string of the molecule is C[C@@H](NC(=O)CCCc1nc2ccccc2s1)C12CC3CC(CC(C3)C1)C2. The standard InChI is InChI=1S/C23H30N2OS/c1-15(23-12-16-9-17(13-23)11-18(10-16)14-23)24-21(26)7-4-8-22-25-19-5-2-3-6-20(19)27-22/h2-3,5-6,15-18H,4,7-14H2,1H3,(H,24,26)/t15-,16?,17?,18?,23?/m1/s1. The smallest absolute Gasteiger partial charge is 0.220 e. The maximum absolute atomic E-state index is 12.6. The molecule has 0 spiro atoms. The van der Waals surface area contributed by atoms with Gasteiger partial charge >= 0.3 is 0 Å². The van der Waals surface area contributed by atoms with Crippen molar-refractivity contribution in [3.63, 3.8) is 0 Å². The molecule has 2 aromatic rings. The predicted molar refractivity (Wildman–Crippen MR) is 111 cm³/mol. The number of nitrogens with one attached hydrogen (secondary N) is 1. The van der Waals surface area contributed by atoms with Gasteiger partial charge in [0.15, 0.2) is 0 Å². The Balaban J connectivity index is 1.14. The van der Waals surface area contributed by atoms with E-state index in [1.165, 1.54) is 43.2 Å². The fraction of sp³-hybridized carbons (Fsp3) is 0.652. The number of nitrogens with zero attached hydrogens (tertiary/aromatic N) is 1. The normalized spacial score (nSPS) is 32.7. The first kappa shape index (κ1) is 17.7. The molecular weight excluding hydrogens is 352 g/mol. The largest absolute Gasteiger partial charge is 0.353 e. The van der Waals surface area contributed by atoms with Crippen LogP contribution in [0.3, 0.4) is 0 Å². The Labute approximate surface area is 166 Å². The molecule has 6 rings (SSSR count). The number of fused-ring (bicyclic) bond motifs is 1. The second-order valence-electron chi connectivity index (χ2n) is 9.50. The van der Waals surface area contributed by atoms with Crippen LogP contribution in [-0.4, -0.2) is 16.9 Å². The quantitative estimate of drug-likeness (QED) is 0.733. The molecule has 4 fully saturated rings. The predicted octanol–water partition coefficient (Wildman–Crippen LogP) is 5.34. The van der Waals surface area contributed by atoms with Crippen molar-refractivity contribution < 1.29 is 4.79 Å². The monoisotopic (exact) mass is 382 g/mol. The number of aryl methyl sites for hydroxylation is 1. The summed E-state index contributed by atoms with van der Waals surface area (Å²) in [7, 11) is 0. The molecule has 0 saturated heterocycles. The van der Waals surface area contributed by atoms with Gasteiger partial charge < -0.3 is 5.32 Å². The summed E-state index contributed by atoms with van der Waals surface area (Å²) in [5.74, 6) is 3.05. The lowest BCUT2D eigenvalue weighted by atomic mass is 9.48. The van der Waals surface area contributed by atoms with E-state index < -0.39 is 0 Å². The number of carbonyl (C=O) groups excluding carboxylic acids is 1. The Bertz CT molecular complexity index is 773. The molecule has 1 aromatic heterocycles. The lowest BCUT2D eigenvalue weighted by molar-refractivity contribution is -0.126. The van der Waals surface area contributed by atoms with Gasteiger partial charge in [0.25, 0.3) is 0 Å². The Morgan fingerprint density at radius 1 is 1.19 bits per heavy atom. The van der Waals surface area contributed by atoms with Crippen molar-refractivity contribution in [1.29, 1.82) is 0 Å². The molecular formula is C23H30N2OS. The van der Waals surface area contributed by atoms with E-state index in [1.54, 1.807) is 11.3 Å². The zero-order valence-corrected chi connectivity index (χ0v) is 17.1. The number of rotatable bonds is 6. The van der Waals surface area contributed by atoms with Gasteiger partial charge in [-0.25, -0.2) is 4.98 Å². The van der Waals surface area contributed by atoms with E-state index in [2.05, 4.69) is 35.4 Å². The second-order valence-corrected chi connectivity index (χ2v) is 10.6. The van der Waals surface area contributed by atoms with Gasteiger partial charge in [-0.1, -0.05) is 12.1 Å². The van der Waals surface area contributed by atoms with Gasteiger partial charge in [-0.3, -0.25) is 4.79 Å². The number of amides is 1. The van der Waals surface area contributed by atoms with Gasteiger partial charge in [0, 0.05) is 12.5 Å². The third-order valence-corrected chi connectivity index (χ3v) is 8.61. The number of hydrogen-bond donors (Lipinski definition) is 1. The number of para-hydroxylation sites is 1. The molecule has 0 unspecified atom stereocenters. The van der Waals surface area contributed by atoms with Gasteiger partial charge in [0.05, 0.1) is 15.2 Å². The Hall–Kier alpha value is -1.42. The van der Waals surface area contributed by atoms with E-state index in [4.69, 9.17) is 0 Å². The fourth-order valence-corrected chi connectivity index (χ4v) is 7.61. The van der Waals surface area contributed by atoms with Crippen LogP contribution >= 0.6 is 11.3 Å². The molecule has 4 heteroatoms. The molecule has 144 valence electrons. The average Bonchev–Trinajstić information content (AvgIpc) is 3.03. The van der Waals surface area contributed by atoms with Crippen molar-refractivity contribution in [2.24, 2.45) is 23.2 Å². The number of thiazole rings is 1. The van der Waals surface area contributed by atoms with E-state index in [-0.39, 0.29) is 5.91 Å². The van der Waals surface area contributed by atoms with Crippen molar-refractivity contribution in [3.8, 4) is 0 Å². The molecule has 4 saturated carbocycles. The summed E-state index contributed by atoms with van der Waals surface area (Å²) in [6, 6.07) is 8.61. The van der Waals surface area contributed by atoms with Crippen LogP contribution in [0.25, 0.3) is 10.2 Å². The number of carbonyl (C=O) groups is 1. The molecule has 1 amide bonds. The zero-order valence-electron chi connectivity index (χ0n) is 16.2. The lowest BCUT2D eigenvalue weighted by Gasteiger charge is -2.59. The van der Waals surface area contributed by atoms with E-state index in [0.717, 1.165) is 41.1 Å². The molecule has 4 aliphatic carbocycles. The molecule has 0 radical (unpaired) electrons. The van der Waals surface area contributed by atoms with Gasteiger partial charge in [0.1, 0.15) is 0 Å². The first-order valence-electron chi connectivity index (χ1n) is 10.7. The highest BCUT2D eigenvalue weighted by Gasteiger charge is 2.53. The minimum Gasteiger partial charge on any atom is -0.353 e. The fourth-order valence-electron chi connectivity index (χ4n) is 6.60. The topological polar surface area (TPSA) is 42.0 Å². The Kier molecular flexibility index (Phi) is 4.50. The summed E-state index contributed by atoms with van der Waals surface area (Å²) in [6.45, 7) is 2.28. The second kappa shape index (κ2) is 6.88. The summed E-state index contributed by atoms with van der Waals surface area (Å²) in [5, 5.41) is 4.54. The van der Waals surface area contributed by atoms with E-state index in [0.29, 0.717) is 17.9 Å². The highest BCUT2D eigenvalue weighted by Crippen LogP contribution is 2.61. The van der Waals surface area contributed by atoms with Crippen molar-refractivity contribution >= 4 is 27.5 Å². The highest BCUT2D eigenvalue weighted by molar-refractivity contribution is 7.18. The van der Waals surface area contributed by atoms with Gasteiger partial charge in [-0.05, 0) is 93.6 Å². The third-order valence-electron chi connectivity index (χ3n) is 7.51. The van der Waals surface area contributed by atoms with Gasteiger partial charge in [-0.15, -0.1) is 11.3 Å². The maximum Gasteiger partial charge on any atom is 0.220 e. The first-order chi connectivity index (χ1) is 13.1. The number of aromatic nitrogens is 1. The molecule has 4 aliphatic rings. The molecule has 1 heterocycles. The summed E-state index contributed by atoms with van der Waals surface area (Å²) < 4.78 is 1.24. The minimum atomic E-state index is 0.236. The van der Waals surface area contributed by atoms with Gasteiger partial charge in [0.2, 0.25) is 5.91 Å². The third kappa shape index (κ3) is 3.41. The number of benzene rings is 1. The molecule has 3 nitrogen and oxygen atoms in total. The van der Waals surface area contributed by atoms with Gasteiger partial charge in [-0.2, -0.15) is 0 Å². The van der Waals surface area contributed by atoms with Crippen LogP contribution in [-0.2, 0) is 11.2 Å². The molecule has 1 N–H and O–H groups in total. The number of hydrogen-bond acceptors (Lipinski definition) is 3. The molecule has 27 heavy (non-hydrogen) atoms. The van der Waals surface area contributed by atoms with Crippen LogP contribution < -0.4 is 5.32 Å². The van der Waals surface area contributed by atoms with Crippen LogP contribution in [0, 0.1) is 23.2 Å². The molecule has 4 bridgehead atoms. The van der Waals surface area contributed by atoms with E-state index in [9.17, 15) is 4.79 Å². The van der Waals surface area contributed by atoms with Crippen molar-refractivity contribution in [2.45, 2.75) is 70.8 Å². The minimum absolute atomic E-state index is 0.236. The summed E-state index contributed by atoms with van der Waals surface area (Å²) in [5.41, 5.74) is 1.48. The van der Waals surface area contributed by atoms with Crippen molar-refractivity contribution in [1.82, 2.24) is 10.3 Å². The summed E-state index contributed by atoms with van der Waals surface area (Å²) in [6.07, 6.45) is 10.8. The van der Waals surface area contributed by atoms with Crippen LogP contribution in [0.15, 0.2) is 24.3 Å². The average molecular weight is 383 g/mol. The van der Waals surface area contributed by atoms with Crippen LogP contribution in [0.5, 0.6) is 0 Å². The Morgan fingerprint density at radius 3 is 2.52 bits per heavy atom.